The number of benzene rings is 1. The monoisotopic (exact) mass is 368 g/mol. The Bertz CT molecular complexity index is 829. The highest BCUT2D eigenvalue weighted by atomic mass is 16.3. The fourth-order valence-electron chi connectivity index (χ4n) is 3.58. The van der Waals surface area contributed by atoms with Crippen LogP contribution in [-0.2, 0) is 16.0 Å². The standard InChI is InChI=1S/C22H28N2O3/c1-3-13-23-22(26)16-11-14-24(15-12-16)21(25)10-9-18-17-7-5-6-8-20(17)27-19(18)4-2/h5-10,16H,3-4,11-15H2,1-2H3,(H,23,26)/b10-9+. The number of aryl methyl sites for hydroxylation is 1. The molecule has 1 fully saturated rings. The number of nitrogens with zero attached hydrogens (tertiary/aromatic N) is 1. The molecular formula is C22H28N2O3. The van der Waals surface area contributed by atoms with Crippen molar-refractivity contribution in [2.24, 2.45) is 5.92 Å². The van der Waals surface area contributed by atoms with E-state index in [-0.39, 0.29) is 17.7 Å². The molecule has 1 N–H and O–H groups in total. The Balaban J connectivity index is 1.63. The predicted molar refractivity (Wildman–Crippen MR) is 107 cm³/mol. The summed E-state index contributed by atoms with van der Waals surface area (Å²) < 4.78 is 5.88. The van der Waals surface area contributed by atoms with Crippen LogP contribution in [0.15, 0.2) is 34.8 Å². The maximum atomic E-state index is 12.6. The molecule has 2 heterocycles. The highest BCUT2D eigenvalue weighted by molar-refractivity contribution is 5.96. The van der Waals surface area contributed by atoms with Crippen LogP contribution < -0.4 is 5.32 Å². The van der Waals surface area contributed by atoms with Crippen LogP contribution in [0.3, 0.4) is 0 Å². The summed E-state index contributed by atoms with van der Waals surface area (Å²) in [7, 11) is 0. The molecule has 1 aromatic carbocycles. The fourth-order valence-corrected chi connectivity index (χ4v) is 3.58. The minimum absolute atomic E-state index is 0.00486. The number of furan rings is 1. The molecule has 144 valence electrons. The Morgan fingerprint density at radius 3 is 2.67 bits per heavy atom. The van der Waals surface area contributed by atoms with E-state index < -0.39 is 0 Å². The van der Waals surface area contributed by atoms with E-state index in [0.29, 0.717) is 13.1 Å². The summed E-state index contributed by atoms with van der Waals surface area (Å²) in [6.45, 7) is 6.06. The van der Waals surface area contributed by atoms with Crippen molar-refractivity contribution in [3.05, 3.63) is 41.7 Å². The van der Waals surface area contributed by atoms with Gasteiger partial charge in [0, 0.05) is 49.0 Å². The summed E-state index contributed by atoms with van der Waals surface area (Å²) in [5, 5.41) is 3.98. The fraction of sp³-hybridized carbons (Fsp3) is 0.455. The number of fused-ring (bicyclic) bond motifs is 1. The average molecular weight is 368 g/mol. The average Bonchev–Trinajstić information content (AvgIpc) is 3.08. The number of hydrogen-bond donors (Lipinski definition) is 1. The summed E-state index contributed by atoms with van der Waals surface area (Å²) >= 11 is 0. The van der Waals surface area contributed by atoms with E-state index >= 15 is 0 Å². The van der Waals surface area contributed by atoms with Crippen molar-refractivity contribution >= 4 is 28.9 Å². The Labute approximate surface area is 160 Å². The van der Waals surface area contributed by atoms with Gasteiger partial charge in [-0.2, -0.15) is 0 Å². The quantitative estimate of drug-likeness (QED) is 0.790. The van der Waals surface area contributed by atoms with Gasteiger partial charge in [0.1, 0.15) is 11.3 Å². The number of para-hydroxylation sites is 1. The summed E-state index contributed by atoms with van der Waals surface area (Å²) in [5.74, 6) is 1.03. The largest absolute Gasteiger partial charge is 0.460 e. The minimum Gasteiger partial charge on any atom is -0.460 e. The third-order valence-electron chi connectivity index (χ3n) is 5.15. The number of likely N-dealkylation sites (tertiary alicyclic amines) is 1. The van der Waals surface area contributed by atoms with E-state index in [0.717, 1.165) is 54.5 Å². The molecule has 5 heteroatoms. The third-order valence-corrected chi connectivity index (χ3v) is 5.15. The molecular weight excluding hydrogens is 340 g/mol. The van der Waals surface area contributed by atoms with E-state index in [4.69, 9.17) is 4.42 Å². The third kappa shape index (κ3) is 4.41. The topological polar surface area (TPSA) is 62.6 Å². The molecule has 0 radical (unpaired) electrons. The summed E-state index contributed by atoms with van der Waals surface area (Å²) in [6.07, 6.45) is 6.67. The Morgan fingerprint density at radius 2 is 1.96 bits per heavy atom. The zero-order chi connectivity index (χ0) is 19.2. The van der Waals surface area contributed by atoms with E-state index in [2.05, 4.69) is 5.32 Å². The summed E-state index contributed by atoms with van der Waals surface area (Å²) in [6, 6.07) is 7.89. The molecule has 1 aliphatic heterocycles. The maximum absolute atomic E-state index is 12.6. The Hall–Kier alpha value is -2.56. The summed E-state index contributed by atoms with van der Waals surface area (Å²) in [4.78, 5) is 26.5. The zero-order valence-electron chi connectivity index (χ0n) is 16.2. The van der Waals surface area contributed by atoms with Crippen LogP contribution in [0.1, 0.15) is 44.4 Å². The van der Waals surface area contributed by atoms with Crippen LogP contribution in [0, 0.1) is 5.92 Å². The predicted octanol–water partition coefficient (Wildman–Crippen LogP) is 3.77. The smallest absolute Gasteiger partial charge is 0.246 e. The van der Waals surface area contributed by atoms with Gasteiger partial charge in [-0.25, -0.2) is 0 Å². The SMILES string of the molecule is CCCNC(=O)C1CCN(C(=O)/C=C/c2c(CC)oc3ccccc23)CC1. The molecule has 0 aliphatic carbocycles. The lowest BCUT2D eigenvalue weighted by atomic mass is 9.95. The molecule has 0 atom stereocenters. The van der Waals surface area contributed by atoms with Gasteiger partial charge < -0.3 is 14.6 Å². The highest BCUT2D eigenvalue weighted by Crippen LogP contribution is 2.27. The molecule has 27 heavy (non-hydrogen) atoms. The van der Waals surface area contributed by atoms with Crippen LogP contribution >= 0.6 is 0 Å². The van der Waals surface area contributed by atoms with Gasteiger partial charge in [-0.15, -0.1) is 0 Å². The van der Waals surface area contributed by atoms with Gasteiger partial charge in [-0.05, 0) is 31.4 Å². The molecule has 0 spiro atoms. The number of hydrogen-bond acceptors (Lipinski definition) is 3. The first-order chi connectivity index (χ1) is 13.1. The van der Waals surface area contributed by atoms with E-state index in [1.165, 1.54) is 0 Å². The van der Waals surface area contributed by atoms with Crippen molar-refractivity contribution in [3.8, 4) is 0 Å². The number of rotatable bonds is 6. The molecule has 0 bridgehead atoms. The van der Waals surface area contributed by atoms with Gasteiger partial charge in [-0.1, -0.05) is 32.0 Å². The van der Waals surface area contributed by atoms with Gasteiger partial charge >= 0.3 is 0 Å². The van der Waals surface area contributed by atoms with Crippen LogP contribution in [0.4, 0.5) is 0 Å². The van der Waals surface area contributed by atoms with Crippen molar-refractivity contribution in [1.82, 2.24) is 10.2 Å². The van der Waals surface area contributed by atoms with Crippen molar-refractivity contribution in [1.29, 1.82) is 0 Å². The molecule has 1 aromatic heterocycles. The zero-order valence-corrected chi connectivity index (χ0v) is 16.2. The van der Waals surface area contributed by atoms with Crippen molar-refractivity contribution in [3.63, 3.8) is 0 Å². The lowest BCUT2D eigenvalue weighted by molar-refractivity contribution is -0.132. The van der Waals surface area contributed by atoms with Crippen LogP contribution in [0.25, 0.3) is 17.0 Å². The van der Waals surface area contributed by atoms with Gasteiger partial charge in [0.2, 0.25) is 11.8 Å². The number of piperidine rings is 1. The van der Waals surface area contributed by atoms with Gasteiger partial charge in [0.25, 0.3) is 0 Å². The molecule has 0 unspecified atom stereocenters. The number of carbonyl (C=O) groups excluding carboxylic acids is 2. The second kappa shape index (κ2) is 8.89. The van der Waals surface area contributed by atoms with Crippen LogP contribution in [-0.4, -0.2) is 36.3 Å². The second-order valence-corrected chi connectivity index (χ2v) is 7.01. The first-order valence-corrected chi connectivity index (χ1v) is 9.89. The number of nitrogens with one attached hydrogen (secondary N) is 1. The van der Waals surface area contributed by atoms with E-state index in [1.807, 2.05) is 49.1 Å². The maximum Gasteiger partial charge on any atom is 0.246 e. The second-order valence-electron chi connectivity index (χ2n) is 7.01. The number of carbonyl (C=O) groups is 2. The molecule has 1 aliphatic rings. The molecule has 5 nitrogen and oxygen atoms in total. The first kappa shape index (κ1) is 19.2. The minimum atomic E-state index is -0.00486. The Kier molecular flexibility index (Phi) is 6.32. The van der Waals surface area contributed by atoms with Gasteiger partial charge in [-0.3, -0.25) is 9.59 Å². The molecule has 3 rings (SSSR count). The highest BCUT2D eigenvalue weighted by Gasteiger charge is 2.26. The lowest BCUT2D eigenvalue weighted by Crippen LogP contribution is -2.42. The van der Waals surface area contributed by atoms with Crippen LogP contribution in [0.5, 0.6) is 0 Å². The van der Waals surface area contributed by atoms with Gasteiger partial charge in [0.05, 0.1) is 0 Å². The van der Waals surface area contributed by atoms with Crippen LogP contribution in [0.2, 0.25) is 0 Å². The normalized spacial score (nSPS) is 15.6. The van der Waals surface area contributed by atoms with Crippen molar-refractivity contribution < 1.29 is 14.0 Å². The molecule has 1 saturated heterocycles. The van der Waals surface area contributed by atoms with Crippen molar-refractivity contribution in [2.45, 2.75) is 39.5 Å². The van der Waals surface area contributed by atoms with Crippen molar-refractivity contribution in [2.75, 3.05) is 19.6 Å². The molecule has 2 aromatic rings. The Morgan fingerprint density at radius 1 is 1.22 bits per heavy atom. The van der Waals surface area contributed by atoms with Gasteiger partial charge in [0.15, 0.2) is 0 Å². The number of amides is 2. The summed E-state index contributed by atoms with van der Waals surface area (Å²) in [5.41, 5.74) is 1.83. The first-order valence-electron chi connectivity index (χ1n) is 9.89. The molecule has 2 amide bonds. The molecule has 0 saturated carbocycles. The lowest BCUT2D eigenvalue weighted by Gasteiger charge is -2.30. The van der Waals surface area contributed by atoms with E-state index in [1.54, 1.807) is 6.08 Å². The van der Waals surface area contributed by atoms with E-state index in [9.17, 15) is 9.59 Å².